The first-order valence-electron chi connectivity index (χ1n) is 6.85. The smallest absolute Gasteiger partial charge is 0.318 e. The number of nitrogens with zero attached hydrogens (tertiary/aromatic N) is 2. The van der Waals surface area contributed by atoms with Gasteiger partial charge in [0.2, 0.25) is 0 Å². The fraction of sp³-hybridized carbons (Fsp3) is 0.571. The van der Waals surface area contributed by atoms with E-state index < -0.39 is 0 Å². The van der Waals surface area contributed by atoms with Gasteiger partial charge in [-0.15, -0.1) is 0 Å². The topological polar surface area (TPSA) is 61.0 Å². The van der Waals surface area contributed by atoms with Crippen molar-refractivity contribution in [3.63, 3.8) is 0 Å². The van der Waals surface area contributed by atoms with Crippen molar-refractivity contribution in [1.82, 2.24) is 20.2 Å². The third-order valence-electron chi connectivity index (χ3n) is 3.51. The highest BCUT2D eigenvalue weighted by Gasteiger charge is 2.16. The maximum Gasteiger partial charge on any atom is 0.318 e. The van der Waals surface area contributed by atoms with Crippen molar-refractivity contribution in [3.05, 3.63) is 29.9 Å². The summed E-state index contributed by atoms with van der Waals surface area (Å²) >= 11 is 0. The Kier molecular flexibility index (Phi) is 4.60. The number of urea groups is 1. The normalized spacial score (nSPS) is 16.6. The number of allylic oxidation sites excluding steroid dienone is 1. The van der Waals surface area contributed by atoms with E-state index in [1.54, 1.807) is 24.3 Å². The van der Waals surface area contributed by atoms with Crippen molar-refractivity contribution in [2.45, 2.75) is 45.2 Å². The van der Waals surface area contributed by atoms with Crippen LogP contribution in [-0.4, -0.2) is 34.0 Å². The van der Waals surface area contributed by atoms with Crippen LogP contribution in [0.15, 0.2) is 24.0 Å². The molecule has 0 spiro atoms. The molecule has 1 atom stereocenters. The molecule has 0 aromatic carbocycles. The summed E-state index contributed by atoms with van der Waals surface area (Å²) in [5.41, 5.74) is 1.35. The number of H-pyrrole nitrogens is 1. The van der Waals surface area contributed by atoms with Crippen LogP contribution in [0.25, 0.3) is 0 Å². The Morgan fingerprint density at radius 1 is 1.58 bits per heavy atom. The Labute approximate surface area is 114 Å². The molecule has 104 valence electrons. The van der Waals surface area contributed by atoms with Crippen molar-refractivity contribution in [2.24, 2.45) is 0 Å². The van der Waals surface area contributed by atoms with E-state index >= 15 is 0 Å². The first-order valence-corrected chi connectivity index (χ1v) is 6.85. The highest BCUT2D eigenvalue weighted by molar-refractivity contribution is 5.74. The molecule has 0 saturated heterocycles. The predicted molar refractivity (Wildman–Crippen MR) is 74.6 cm³/mol. The number of amides is 2. The molecular formula is C14H22N4O. The van der Waals surface area contributed by atoms with Crippen LogP contribution in [0.5, 0.6) is 0 Å². The van der Waals surface area contributed by atoms with Gasteiger partial charge in [-0.25, -0.2) is 9.78 Å². The Balaban J connectivity index is 1.84. The number of imidazole rings is 1. The molecule has 0 fully saturated rings. The molecule has 0 radical (unpaired) electrons. The molecular weight excluding hydrogens is 240 g/mol. The van der Waals surface area contributed by atoms with Crippen molar-refractivity contribution >= 4 is 6.03 Å². The summed E-state index contributed by atoms with van der Waals surface area (Å²) in [5.74, 6) is 0.794. The van der Waals surface area contributed by atoms with Crippen molar-refractivity contribution < 1.29 is 4.79 Å². The van der Waals surface area contributed by atoms with Gasteiger partial charge in [0, 0.05) is 25.5 Å². The fourth-order valence-electron chi connectivity index (χ4n) is 2.33. The zero-order valence-corrected chi connectivity index (χ0v) is 11.6. The number of rotatable bonds is 4. The van der Waals surface area contributed by atoms with Gasteiger partial charge < -0.3 is 15.2 Å². The van der Waals surface area contributed by atoms with E-state index in [1.807, 2.05) is 0 Å². The molecule has 1 heterocycles. The second-order valence-corrected chi connectivity index (χ2v) is 5.09. The minimum absolute atomic E-state index is 0.0598. The van der Waals surface area contributed by atoms with Crippen LogP contribution in [0.4, 0.5) is 4.79 Å². The van der Waals surface area contributed by atoms with E-state index in [9.17, 15) is 4.79 Å². The van der Waals surface area contributed by atoms with E-state index in [0.717, 1.165) is 18.7 Å². The fourth-order valence-corrected chi connectivity index (χ4v) is 2.33. The van der Waals surface area contributed by atoms with Crippen LogP contribution >= 0.6 is 0 Å². The summed E-state index contributed by atoms with van der Waals surface area (Å²) in [6.07, 6.45) is 10.5. The molecule has 0 aliphatic heterocycles. The van der Waals surface area contributed by atoms with E-state index in [4.69, 9.17) is 0 Å². The monoisotopic (exact) mass is 262 g/mol. The zero-order chi connectivity index (χ0) is 13.7. The van der Waals surface area contributed by atoms with E-state index in [0.29, 0.717) is 6.54 Å². The minimum Gasteiger partial charge on any atom is -0.347 e. The SMILES string of the molecule is CC(NC(=O)N(C)Cc1ncc[nH]1)C1=CCCCC1. The van der Waals surface area contributed by atoms with E-state index in [-0.39, 0.29) is 12.1 Å². The summed E-state index contributed by atoms with van der Waals surface area (Å²) in [5, 5.41) is 3.04. The van der Waals surface area contributed by atoms with Gasteiger partial charge in [0.1, 0.15) is 5.82 Å². The number of hydrogen-bond donors (Lipinski definition) is 2. The predicted octanol–water partition coefficient (Wildman–Crippen LogP) is 2.44. The Morgan fingerprint density at radius 3 is 3.05 bits per heavy atom. The Bertz CT molecular complexity index is 438. The van der Waals surface area contributed by atoms with Crippen LogP contribution < -0.4 is 5.32 Å². The molecule has 2 rings (SSSR count). The molecule has 5 nitrogen and oxygen atoms in total. The summed E-state index contributed by atoms with van der Waals surface area (Å²) < 4.78 is 0. The maximum absolute atomic E-state index is 12.1. The van der Waals surface area contributed by atoms with E-state index in [2.05, 4.69) is 28.3 Å². The molecule has 2 N–H and O–H groups in total. The third-order valence-corrected chi connectivity index (χ3v) is 3.51. The van der Waals surface area contributed by atoms with Crippen molar-refractivity contribution in [2.75, 3.05) is 7.05 Å². The van der Waals surface area contributed by atoms with Gasteiger partial charge in [-0.3, -0.25) is 0 Å². The van der Waals surface area contributed by atoms with Gasteiger partial charge in [-0.05, 0) is 32.6 Å². The minimum atomic E-state index is -0.0598. The highest BCUT2D eigenvalue weighted by atomic mass is 16.2. The quantitative estimate of drug-likeness (QED) is 0.819. The molecule has 0 saturated carbocycles. The van der Waals surface area contributed by atoms with Gasteiger partial charge in [-0.2, -0.15) is 0 Å². The highest BCUT2D eigenvalue weighted by Crippen LogP contribution is 2.20. The molecule has 1 aliphatic rings. The van der Waals surface area contributed by atoms with Gasteiger partial charge in [-0.1, -0.05) is 11.6 Å². The summed E-state index contributed by atoms with van der Waals surface area (Å²) in [7, 11) is 1.78. The number of carbonyl (C=O) groups excluding carboxylic acids is 1. The second-order valence-electron chi connectivity index (χ2n) is 5.09. The lowest BCUT2D eigenvalue weighted by Gasteiger charge is -2.24. The third kappa shape index (κ3) is 3.84. The lowest BCUT2D eigenvalue weighted by Crippen LogP contribution is -2.42. The molecule has 1 unspecified atom stereocenters. The number of carbonyl (C=O) groups is 1. The largest absolute Gasteiger partial charge is 0.347 e. The Hall–Kier alpha value is -1.78. The number of aromatic nitrogens is 2. The first kappa shape index (κ1) is 13.6. The maximum atomic E-state index is 12.1. The van der Waals surface area contributed by atoms with Gasteiger partial charge in [0.05, 0.1) is 6.54 Å². The van der Waals surface area contributed by atoms with Crippen LogP contribution in [0.1, 0.15) is 38.4 Å². The number of aromatic amines is 1. The van der Waals surface area contributed by atoms with Crippen LogP contribution in [0.3, 0.4) is 0 Å². The van der Waals surface area contributed by atoms with Gasteiger partial charge in [0.25, 0.3) is 0 Å². The molecule has 1 aliphatic carbocycles. The van der Waals surface area contributed by atoms with Crippen molar-refractivity contribution in [3.8, 4) is 0 Å². The number of hydrogen-bond acceptors (Lipinski definition) is 2. The first-order chi connectivity index (χ1) is 9.16. The molecule has 2 amide bonds. The van der Waals surface area contributed by atoms with Crippen LogP contribution in [-0.2, 0) is 6.54 Å². The van der Waals surface area contributed by atoms with Crippen LogP contribution in [0.2, 0.25) is 0 Å². The second kappa shape index (κ2) is 6.41. The lowest BCUT2D eigenvalue weighted by atomic mass is 9.95. The lowest BCUT2D eigenvalue weighted by molar-refractivity contribution is 0.203. The summed E-state index contributed by atoms with van der Waals surface area (Å²) in [4.78, 5) is 20.8. The molecule has 5 heteroatoms. The van der Waals surface area contributed by atoms with Crippen LogP contribution in [0, 0.1) is 0 Å². The van der Waals surface area contributed by atoms with Gasteiger partial charge in [0.15, 0.2) is 0 Å². The summed E-state index contributed by atoms with van der Waals surface area (Å²) in [6.45, 7) is 2.54. The van der Waals surface area contributed by atoms with Gasteiger partial charge >= 0.3 is 6.03 Å². The Morgan fingerprint density at radius 2 is 2.42 bits per heavy atom. The van der Waals surface area contributed by atoms with E-state index in [1.165, 1.54) is 18.4 Å². The molecule has 19 heavy (non-hydrogen) atoms. The average Bonchev–Trinajstić information content (AvgIpc) is 2.92. The number of nitrogens with one attached hydrogen (secondary N) is 2. The molecule has 0 bridgehead atoms. The molecule has 1 aromatic heterocycles. The summed E-state index contributed by atoms with van der Waals surface area (Å²) in [6, 6.07) is 0.0576. The standard InChI is InChI=1S/C14H22N4O/c1-11(12-6-4-3-5-7-12)17-14(19)18(2)10-13-15-8-9-16-13/h6,8-9,11H,3-5,7,10H2,1-2H3,(H,15,16)(H,17,19). The molecule has 1 aromatic rings. The zero-order valence-electron chi connectivity index (χ0n) is 11.6. The average molecular weight is 262 g/mol. The van der Waals surface area contributed by atoms with Crippen molar-refractivity contribution in [1.29, 1.82) is 0 Å².